The van der Waals surface area contributed by atoms with Crippen LogP contribution in [0.1, 0.15) is 16.1 Å². The highest BCUT2D eigenvalue weighted by atomic mass is 79.9. The lowest BCUT2D eigenvalue weighted by atomic mass is 10.2. The van der Waals surface area contributed by atoms with Crippen molar-refractivity contribution in [2.75, 3.05) is 37.8 Å². The van der Waals surface area contributed by atoms with Crippen LogP contribution in [0.5, 0.6) is 0 Å². The number of rotatable bonds is 6. The van der Waals surface area contributed by atoms with E-state index in [1.54, 1.807) is 12.1 Å². The minimum absolute atomic E-state index is 0.278. The van der Waals surface area contributed by atoms with E-state index in [1.165, 1.54) is 0 Å². The summed E-state index contributed by atoms with van der Waals surface area (Å²) in [6.07, 6.45) is 0. The highest BCUT2D eigenvalue weighted by Crippen LogP contribution is 2.20. The van der Waals surface area contributed by atoms with Crippen LogP contribution in [0.15, 0.2) is 34.8 Å². The number of carbonyl (C=O) groups excluding carboxylic acids is 1. The fourth-order valence-electron chi connectivity index (χ4n) is 1.82. The zero-order chi connectivity index (χ0) is 16.8. The molecule has 1 amide bonds. The second-order valence-corrected chi connectivity index (χ2v) is 6.31. The number of aryl methyl sites for hydroxylation is 1. The summed E-state index contributed by atoms with van der Waals surface area (Å²) in [5.74, 6) is 0.370. The maximum Gasteiger partial charge on any atom is 0.276 e. The summed E-state index contributed by atoms with van der Waals surface area (Å²) in [6.45, 7) is 3.65. The van der Waals surface area contributed by atoms with Crippen molar-refractivity contribution < 1.29 is 4.79 Å². The minimum Gasteiger partial charge on any atom is -0.367 e. The standard InChI is InChI=1S/C16H20BrN5O/c1-11-4-5-12(10-13(11)17)19-16(23)14-6-7-15(21-20-14)18-8-9-22(2)3/h4-7,10H,8-9H2,1-3H3,(H,18,21)(H,19,23). The van der Waals surface area contributed by atoms with Gasteiger partial charge in [-0.15, -0.1) is 10.2 Å². The molecule has 0 aliphatic heterocycles. The van der Waals surface area contributed by atoms with Crippen LogP contribution >= 0.6 is 15.9 Å². The van der Waals surface area contributed by atoms with E-state index in [0.717, 1.165) is 23.1 Å². The Hall–Kier alpha value is -1.99. The Morgan fingerprint density at radius 1 is 1.22 bits per heavy atom. The number of aromatic nitrogens is 2. The molecule has 23 heavy (non-hydrogen) atoms. The molecule has 2 N–H and O–H groups in total. The van der Waals surface area contributed by atoms with Gasteiger partial charge in [0.1, 0.15) is 5.82 Å². The van der Waals surface area contributed by atoms with Crippen molar-refractivity contribution in [1.29, 1.82) is 0 Å². The molecule has 0 aliphatic carbocycles. The Morgan fingerprint density at radius 3 is 2.61 bits per heavy atom. The molecule has 122 valence electrons. The number of amides is 1. The molecular weight excluding hydrogens is 358 g/mol. The topological polar surface area (TPSA) is 70.2 Å². The number of likely N-dealkylation sites (N-methyl/N-ethyl adjacent to an activating group) is 1. The van der Waals surface area contributed by atoms with Gasteiger partial charge in [-0.05, 0) is 50.8 Å². The first-order valence-corrected chi connectivity index (χ1v) is 8.05. The van der Waals surface area contributed by atoms with Gasteiger partial charge in [0.05, 0.1) is 0 Å². The molecule has 0 aliphatic rings. The number of halogens is 1. The van der Waals surface area contributed by atoms with Crippen molar-refractivity contribution in [3.63, 3.8) is 0 Å². The lowest BCUT2D eigenvalue weighted by Crippen LogP contribution is -2.21. The number of nitrogens with zero attached hydrogens (tertiary/aromatic N) is 3. The van der Waals surface area contributed by atoms with Gasteiger partial charge in [0.25, 0.3) is 5.91 Å². The SMILES string of the molecule is Cc1ccc(NC(=O)c2ccc(NCCN(C)C)nn2)cc1Br. The zero-order valence-corrected chi connectivity index (χ0v) is 15.0. The fourth-order valence-corrected chi connectivity index (χ4v) is 2.20. The molecule has 6 nitrogen and oxygen atoms in total. The summed E-state index contributed by atoms with van der Waals surface area (Å²) >= 11 is 3.44. The monoisotopic (exact) mass is 377 g/mol. The van der Waals surface area contributed by atoms with Gasteiger partial charge < -0.3 is 15.5 Å². The van der Waals surface area contributed by atoms with E-state index in [1.807, 2.05) is 39.2 Å². The van der Waals surface area contributed by atoms with Gasteiger partial charge in [-0.3, -0.25) is 4.79 Å². The quantitative estimate of drug-likeness (QED) is 0.809. The van der Waals surface area contributed by atoms with Crippen LogP contribution in [-0.2, 0) is 0 Å². The van der Waals surface area contributed by atoms with E-state index in [9.17, 15) is 4.79 Å². The van der Waals surface area contributed by atoms with E-state index >= 15 is 0 Å². The number of hydrogen-bond acceptors (Lipinski definition) is 5. The first-order valence-electron chi connectivity index (χ1n) is 7.25. The van der Waals surface area contributed by atoms with E-state index in [4.69, 9.17) is 0 Å². The zero-order valence-electron chi connectivity index (χ0n) is 13.4. The summed E-state index contributed by atoms with van der Waals surface area (Å²) < 4.78 is 0.946. The molecular formula is C16H20BrN5O. The average Bonchev–Trinajstić information content (AvgIpc) is 2.51. The van der Waals surface area contributed by atoms with Crippen LogP contribution in [0, 0.1) is 6.92 Å². The average molecular weight is 378 g/mol. The summed E-state index contributed by atoms with van der Waals surface area (Å²) in [6, 6.07) is 9.05. The summed E-state index contributed by atoms with van der Waals surface area (Å²) in [5.41, 5.74) is 2.10. The van der Waals surface area contributed by atoms with Crippen molar-refractivity contribution >= 4 is 33.3 Å². The highest BCUT2D eigenvalue weighted by molar-refractivity contribution is 9.10. The lowest BCUT2D eigenvalue weighted by molar-refractivity contribution is 0.102. The van der Waals surface area contributed by atoms with E-state index < -0.39 is 0 Å². The van der Waals surface area contributed by atoms with Crippen LogP contribution in [0.4, 0.5) is 11.5 Å². The number of carbonyl (C=O) groups is 1. The van der Waals surface area contributed by atoms with Crippen molar-refractivity contribution in [3.05, 3.63) is 46.1 Å². The predicted molar refractivity (Wildman–Crippen MR) is 95.9 cm³/mol. The smallest absolute Gasteiger partial charge is 0.276 e. The van der Waals surface area contributed by atoms with Gasteiger partial charge in [0, 0.05) is 23.2 Å². The van der Waals surface area contributed by atoms with Crippen molar-refractivity contribution in [1.82, 2.24) is 15.1 Å². The number of hydrogen-bond donors (Lipinski definition) is 2. The fraction of sp³-hybridized carbons (Fsp3) is 0.312. The molecule has 2 aromatic rings. The Bertz CT molecular complexity index is 673. The second kappa shape index (κ2) is 8.03. The number of anilines is 2. The van der Waals surface area contributed by atoms with Crippen molar-refractivity contribution in [3.8, 4) is 0 Å². The van der Waals surface area contributed by atoms with Crippen molar-refractivity contribution in [2.24, 2.45) is 0 Å². The first kappa shape index (κ1) is 17.4. The molecule has 0 unspecified atom stereocenters. The molecule has 1 aromatic heterocycles. The Morgan fingerprint density at radius 2 is 2.00 bits per heavy atom. The highest BCUT2D eigenvalue weighted by Gasteiger charge is 2.09. The molecule has 0 fully saturated rings. The van der Waals surface area contributed by atoms with Gasteiger partial charge in [-0.25, -0.2) is 0 Å². The summed E-state index contributed by atoms with van der Waals surface area (Å²) in [4.78, 5) is 14.2. The maximum atomic E-state index is 12.2. The van der Waals surface area contributed by atoms with Gasteiger partial charge in [0.15, 0.2) is 5.69 Å². The van der Waals surface area contributed by atoms with Gasteiger partial charge >= 0.3 is 0 Å². The van der Waals surface area contributed by atoms with Crippen LogP contribution in [-0.4, -0.2) is 48.2 Å². The molecule has 0 saturated heterocycles. The van der Waals surface area contributed by atoms with Gasteiger partial charge in [0.2, 0.25) is 0 Å². The first-order chi connectivity index (χ1) is 11.0. The summed E-state index contributed by atoms with van der Waals surface area (Å²) in [5, 5.41) is 13.9. The van der Waals surface area contributed by atoms with E-state index in [2.05, 4.69) is 41.7 Å². The Kier molecular flexibility index (Phi) is 6.06. The van der Waals surface area contributed by atoms with Gasteiger partial charge in [-0.1, -0.05) is 22.0 Å². The molecule has 7 heteroatoms. The van der Waals surface area contributed by atoms with E-state index in [0.29, 0.717) is 11.5 Å². The molecule has 0 spiro atoms. The molecule has 0 radical (unpaired) electrons. The number of nitrogens with one attached hydrogen (secondary N) is 2. The van der Waals surface area contributed by atoms with E-state index in [-0.39, 0.29) is 11.6 Å². The van der Waals surface area contributed by atoms with Crippen LogP contribution in [0.2, 0.25) is 0 Å². The maximum absolute atomic E-state index is 12.2. The molecule has 1 heterocycles. The van der Waals surface area contributed by atoms with Crippen LogP contribution in [0.3, 0.4) is 0 Å². The summed E-state index contributed by atoms with van der Waals surface area (Å²) in [7, 11) is 4.01. The molecule has 2 rings (SSSR count). The van der Waals surface area contributed by atoms with Crippen molar-refractivity contribution in [2.45, 2.75) is 6.92 Å². The van der Waals surface area contributed by atoms with Gasteiger partial charge in [-0.2, -0.15) is 0 Å². The third-order valence-electron chi connectivity index (χ3n) is 3.19. The molecule has 0 saturated carbocycles. The minimum atomic E-state index is -0.284. The Balaban J connectivity index is 1.95. The van der Waals surface area contributed by atoms with Crippen LogP contribution < -0.4 is 10.6 Å². The van der Waals surface area contributed by atoms with Crippen LogP contribution in [0.25, 0.3) is 0 Å². The molecule has 1 aromatic carbocycles. The Labute approximate surface area is 144 Å². The molecule has 0 atom stereocenters. The number of benzene rings is 1. The largest absolute Gasteiger partial charge is 0.367 e. The lowest BCUT2D eigenvalue weighted by Gasteiger charge is -2.10. The third kappa shape index (κ3) is 5.30. The third-order valence-corrected chi connectivity index (χ3v) is 4.05. The normalized spacial score (nSPS) is 10.7. The second-order valence-electron chi connectivity index (χ2n) is 5.45. The predicted octanol–water partition coefficient (Wildman–Crippen LogP) is 2.77. The molecule has 0 bridgehead atoms.